The highest BCUT2D eigenvalue weighted by Crippen LogP contribution is 2.15. The molecule has 1 N–H and O–H groups in total. The Balaban J connectivity index is 0.000000370. The Morgan fingerprint density at radius 3 is 2.23 bits per heavy atom. The number of hydrogen-bond acceptors (Lipinski definition) is 3. The highest BCUT2D eigenvalue weighted by Gasteiger charge is 2.15. The van der Waals surface area contributed by atoms with Crippen molar-refractivity contribution in [2.75, 3.05) is 32.7 Å². The van der Waals surface area contributed by atoms with E-state index in [0.29, 0.717) is 6.04 Å². The number of rotatable bonds is 7. The van der Waals surface area contributed by atoms with Gasteiger partial charge in [-0.15, -0.1) is 12.8 Å². The van der Waals surface area contributed by atoms with Crippen LogP contribution in [0.15, 0.2) is 84.5 Å². The lowest BCUT2D eigenvalue weighted by Crippen LogP contribution is -2.48. The summed E-state index contributed by atoms with van der Waals surface area (Å²) in [5, 5.41) is 3.41. The average Bonchev–Trinajstić information content (AvgIpc) is 3.26. The smallest absolute Gasteiger partial charge is 0.253 e. The summed E-state index contributed by atoms with van der Waals surface area (Å²) in [4.78, 5) is 16.5. The third kappa shape index (κ3) is 12.6. The van der Waals surface area contributed by atoms with Crippen LogP contribution in [-0.2, 0) is 13.0 Å². The summed E-state index contributed by atoms with van der Waals surface area (Å²) < 4.78 is 12.7. The molecule has 1 saturated heterocycles. The zero-order valence-corrected chi connectivity index (χ0v) is 25.1. The van der Waals surface area contributed by atoms with Gasteiger partial charge in [0.05, 0.1) is 0 Å². The Kier molecular flexibility index (Phi) is 17.7. The van der Waals surface area contributed by atoms with Crippen molar-refractivity contribution >= 4 is 5.91 Å². The van der Waals surface area contributed by atoms with Gasteiger partial charge in [-0.05, 0) is 74.6 Å². The van der Waals surface area contributed by atoms with Gasteiger partial charge in [0.25, 0.3) is 5.91 Å². The van der Waals surface area contributed by atoms with Gasteiger partial charge in [0.1, 0.15) is 5.82 Å². The number of nitrogens with one attached hydrogen (secondary N) is 1. The van der Waals surface area contributed by atoms with Crippen LogP contribution in [0.5, 0.6) is 0 Å². The zero-order valence-electron chi connectivity index (χ0n) is 25.1. The number of hydrogen-bond donors (Lipinski definition) is 1. The molecule has 2 aromatic carbocycles. The van der Waals surface area contributed by atoms with Crippen molar-refractivity contribution in [2.45, 2.75) is 60.0 Å². The van der Waals surface area contributed by atoms with Gasteiger partial charge in [-0.2, -0.15) is 0 Å². The Morgan fingerprint density at radius 1 is 1.00 bits per heavy atom. The molecule has 0 radical (unpaired) electrons. The van der Waals surface area contributed by atoms with Crippen molar-refractivity contribution in [1.82, 2.24) is 15.1 Å². The first-order valence-electron chi connectivity index (χ1n) is 14.4. The molecule has 1 aliphatic heterocycles. The quantitative estimate of drug-likeness (QED) is 0.379. The van der Waals surface area contributed by atoms with E-state index < -0.39 is 0 Å². The number of nitrogens with zero attached hydrogens (tertiary/aromatic N) is 2. The van der Waals surface area contributed by atoms with Gasteiger partial charge in [-0.1, -0.05) is 68.5 Å². The molecule has 0 bridgehead atoms. The predicted octanol–water partition coefficient (Wildman–Crippen LogP) is 7.05. The Bertz CT molecular complexity index is 1080. The number of benzene rings is 2. The summed E-state index contributed by atoms with van der Waals surface area (Å²) in [5.41, 5.74) is 4.52. The molecule has 0 saturated carbocycles. The number of amides is 1. The summed E-state index contributed by atoms with van der Waals surface area (Å²) in [6.45, 7) is 15.8. The monoisotopic (exact) mass is 545 g/mol. The van der Waals surface area contributed by atoms with Crippen molar-refractivity contribution in [3.63, 3.8) is 0 Å². The molecule has 0 aromatic heterocycles. The molecule has 5 heteroatoms. The molecule has 2 aromatic rings. The van der Waals surface area contributed by atoms with E-state index in [1.807, 2.05) is 56.9 Å². The van der Waals surface area contributed by atoms with Gasteiger partial charge in [-0.25, -0.2) is 4.39 Å². The second-order valence-electron chi connectivity index (χ2n) is 9.37. The molecule has 1 fully saturated rings. The molecular weight excluding hydrogens is 497 g/mol. The summed E-state index contributed by atoms with van der Waals surface area (Å²) in [7, 11) is 0. The molecule has 216 valence electrons. The van der Waals surface area contributed by atoms with Gasteiger partial charge in [0, 0.05) is 50.9 Å². The van der Waals surface area contributed by atoms with E-state index in [1.54, 1.807) is 0 Å². The van der Waals surface area contributed by atoms with Crippen molar-refractivity contribution < 1.29 is 9.18 Å². The highest BCUT2D eigenvalue weighted by molar-refractivity contribution is 5.94. The number of allylic oxidation sites excluding steroid dienone is 6. The molecule has 40 heavy (non-hydrogen) atoms. The van der Waals surface area contributed by atoms with Gasteiger partial charge in [0.2, 0.25) is 0 Å². The second kappa shape index (κ2) is 20.4. The van der Waals surface area contributed by atoms with Crippen LogP contribution in [0.25, 0.3) is 0 Å². The zero-order chi connectivity index (χ0) is 29.8. The highest BCUT2D eigenvalue weighted by atomic mass is 19.1. The first kappa shape index (κ1) is 34.6. The lowest BCUT2D eigenvalue weighted by atomic mass is 10.0. The van der Waals surface area contributed by atoms with E-state index in [4.69, 9.17) is 0 Å². The molecule has 4 nitrogen and oxygen atoms in total. The van der Waals surface area contributed by atoms with Crippen LogP contribution in [0.4, 0.5) is 4.39 Å². The molecular formula is C35H48FN3O. The molecule has 1 heterocycles. The molecule has 1 aliphatic carbocycles. The standard InChI is InChI=1S/C19H23NO.C12H17FN2.C2H6.C2H2/c1-3-20(4-2)19(21)18-13-11-17(12-14-18)15-16-9-7-5-6-8-10-16;1-10-8-15(7-6-14-10)9-11-2-4-12(13)5-3-11;2*1-2/h5-7,9-14H,3-4,8,15H2,1-2H3;2-5,10,14H,6-9H2,1H3;1-2H3;1-2H/t;10-;;/m.0../s1. The van der Waals surface area contributed by atoms with Crippen molar-refractivity contribution in [3.05, 3.63) is 107 Å². The fourth-order valence-electron chi connectivity index (χ4n) is 4.45. The number of terminal acetylenes is 1. The Hall–Kier alpha value is -3.46. The van der Waals surface area contributed by atoms with Gasteiger partial charge >= 0.3 is 0 Å². The van der Waals surface area contributed by atoms with Crippen LogP contribution in [0, 0.1) is 18.7 Å². The van der Waals surface area contributed by atoms with Crippen LogP contribution >= 0.6 is 0 Å². The van der Waals surface area contributed by atoms with Crippen LogP contribution in [0.3, 0.4) is 0 Å². The minimum absolute atomic E-state index is 0.115. The third-order valence-electron chi connectivity index (χ3n) is 6.51. The summed E-state index contributed by atoms with van der Waals surface area (Å²) in [5.74, 6) is -0.0447. The maximum absolute atomic E-state index is 12.7. The molecule has 1 atom stereocenters. The lowest BCUT2D eigenvalue weighted by Gasteiger charge is -2.31. The summed E-state index contributed by atoms with van der Waals surface area (Å²) in [6.07, 6.45) is 20.6. The average molecular weight is 546 g/mol. The Labute approximate surface area is 242 Å². The molecule has 0 unspecified atom stereocenters. The number of carbonyl (C=O) groups is 1. The third-order valence-corrected chi connectivity index (χ3v) is 6.51. The summed E-state index contributed by atoms with van der Waals surface area (Å²) in [6, 6.07) is 15.3. The van der Waals surface area contributed by atoms with Crippen LogP contribution in [0.1, 0.15) is 62.5 Å². The van der Waals surface area contributed by atoms with E-state index >= 15 is 0 Å². The van der Waals surface area contributed by atoms with E-state index in [-0.39, 0.29) is 11.7 Å². The van der Waals surface area contributed by atoms with Gasteiger partial charge in [-0.3, -0.25) is 9.69 Å². The van der Waals surface area contributed by atoms with E-state index in [1.165, 1.54) is 28.8 Å². The van der Waals surface area contributed by atoms with Gasteiger partial charge in [0.15, 0.2) is 0 Å². The fourth-order valence-corrected chi connectivity index (χ4v) is 4.45. The first-order valence-corrected chi connectivity index (χ1v) is 14.4. The SMILES string of the molecule is C#C.CC.CCN(CC)C(=O)c1ccc(CC2=CCC=CC=C2)cc1.C[C@H]1CN(Cc2ccc(F)cc2)CCN1. The number of carbonyl (C=O) groups excluding carboxylic acids is 1. The van der Waals surface area contributed by atoms with E-state index in [9.17, 15) is 9.18 Å². The molecule has 1 amide bonds. The number of piperazine rings is 1. The molecule has 0 spiro atoms. The maximum Gasteiger partial charge on any atom is 0.253 e. The van der Waals surface area contributed by atoms with Crippen LogP contribution in [-0.4, -0.2) is 54.5 Å². The maximum atomic E-state index is 12.7. The van der Waals surface area contributed by atoms with Crippen molar-refractivity contribution in [2.24, 2.45) is 0 Å². The van der Waals surface area contributed by atoms with Crippen LogP contribution in [0.2, 0.25) is 0 Å². The minimum Gasteiger partial charge on any atom is -0.339 e. The Morgan fingerprint density at radius 2 is 1.62 bits per heavy atom. The summed E-state index contributed by atoms with van der Waals surface area (Å²) >= 11 is 0. The van der Waals surface area contributed by atoms with Crippen molar-refractivity contribution in [1.29, 1.82) is 0 Å². The minimum atomic E-state index is -0.160. The fraction of sp³-hybridized carbons (Fsp3) is 0.400. The first-order chi connectivity index (χ1) is 19.5. The van der Waals surface area contributed by atoms with E-state index in [2.05, 4.69) is 72.5 Å². The topological polar surface area (TPSA) is 35.6 Å². The van der Waals surface area contributed by atoms with E-state index in [0.717, 1.165) is 57.7 Å². The second-order valence-corrected chi connectivity index (χ2v) is 9.37. The lowest BCUT2D eigenvalue weighted by molar-refractivity contribution is 0.0773. The number of halogens is 1. The normalized spacial score (nSPS) is 16.0. The van der Waals surface area contributed by atoms with Gasteiger partial charge < -0.3 is 10.2 Å². The van der Waals surface area contributed by atoms with Crippen LogP contribution < -0.4 is 5.32 Å². The largest absolute Gasteiger partial charge is 0.339 e. The molecule has 2 aliphatic rings. The predicted molar refractivity (Wildman–Crippen MR) is 169 cm³/mol. The molecule has 4 rings (SSSR count). The van der Waals surface area contributed by atoms with Crippen molar-refractivity contribution in [3.8, 4) is 12.8 Å².